The van der Waals surface area contributed by atoms with E-state index in [-0.39, 0.29) is 0 Å². The molecule has 0 saturated heterocycles. The van der Waals surface area contributed by atoms with E-state index < -0.39 is 10.2 Å². The minimum absolute atomic E-state index is 0.421. The monoisotopic (exact) mass is 269 g/mol. The zero-order valence-corrected chi connectivity index (χ0v) is 11.8. The highest BCUT2D eigenvalue weighted by atomic mass is 32.2. The highest BCUT2D eigenvalue weighted by Crippen LogP contribution is 2.25. The lowest BCUT2D eigenvalue weighted by Gasteiger charge is -2.23. The van der Waals surface area contributed by atoms with Gasteiger partial charge in [-0.1, -0.05) is 18.2 Å². The van der Waals surface area contributed by atoms with Crippen molar-refractivity contribution in [3.63, 3.8) is 0 Å². The fourth-order valence-corrected chi connectivity index (χ4v) is 3.20. The van der Waals surface area contributed by atoms with E-state index in [9.17, 15) is 8.42 Å². The zero-order chi connectivity index (χ0) is 13.3. The average molecular weight is 269 g/mol. The Morgan fingerprint density at radius 3 is 2.72 bits per heavy atom. The van der Waals surface area contributed by atoms with Crippen LogP contribution < -0.4 is 5.32 Å². The first-order chi connectivity index (χ1) is 8.43. The summed E-state index contributed by atoms with van der Waals surface area (Å²) in [6.07, 6.45) is 0. The van der Waals surface area contributed by atoms with Gasteiger partial charge in [0, 0.05) is 39.4 Å². The van der Waals surface area contributed by atoms with Gasteiger partial charge in [-0.15, -0.1) is 0 Å². The Balaban J connectivity index is 2.36. The Bertz CT molecular complexity index is 540. The molecule has 0 atom stereocenters. The van der Waals surface area contributed by atoms with Crippen molar-refractivity contribution >= 4 is 15.9 Å². The van der Waals surface area contributed by atoms with Crippen LogP contribution in [0.25, 0.3) is 0 Å². The van der Waals surface area contributed by atoms with Gasteiger partial charge in [0.2, 0.25) is 0 Å². The van der Waals surface area contributed by atoms with Crippen LogP contribution in [0, 0.1) is 6.92 Å². The highest BCUT2D eigenvalue weighted by Gasteiger charge is 2.27. The van der Waals surface area contributed by atoms with E-state index in [1.807, 2.05) is 25.1 Å². The maximum atomic E-state index is 12.2. The summed E-state index contributed by atoms with van der Waals surface area (Å²) in [6, 6.07) is 5.96. The molecule has 0 amide bonds. The van der Waals surface area contributed by atoms with Crippen molar-refractivity contribution in [2.75, 3.05) is 32.5 Å². The number of fused-ring (bicyclic) bond motifs is 1. The third kappa shape index (κ3) is 2.36. The molecule has 0 radical (unpaired) electrons. The van der Waals surface area contributed by atoms with Gasteiger partial charge in [-0.3, -0.25) is 0 Å². The molecule has 1 heterocycles. The lowest BCUT2D eigenvalue weighted by molar-refractivity contribution is 0.382. The third-order valence-electron chi connectivity index (χ3n) is 3.16. The molecule has 1 aliphatic rings. The number of hydrogen-bond acceptors (Lipinski definition) is 3. The molecular formula is C12H19N3O2S. The summed E-state index contributed by atoms with van der Waals surface area (Å²) < 4.78 is 27.1. The van der Waals surface area contributed by atoms with E-state index in [0.717, 1.165) is 16.8 Å². The Labute approximate surface area is 109 Å². The maximum Gasteiger partial charge on any atom is 0.281 e. The molecule has 1 aromatic carbocycles. The third-order valence-corrected chi connectivity index (χ3v) is 5.04. The summed E-state index contributed by atoms with van der Waals surface area (Å²) in [4.78, 5) is 0. The summed E-state index contributed by atoms with van der Waals surface area (Å²) in [7, 11) is -0.232. The topological polar surface area (TPSA) is 52.7 Å². The van der Waals surface area contributed by atoms with Gasteiger partial charge in [-0.05, 0) is 18.1 Å². The van der Waals surface area contributed by atoms with Crippen LogP contribution in [0.1, 0.15) is 11.1 Å². The molecule has 1 aliphatic heterocycles. The summed E-state index contributed by atoms with van der Waals surface area (Å²) in [5.74, 6) is 0. The molecule has 18 heavy (non-hydrogen) atoms. The van der Waals surface area contributed by atoms with Crippen LogP contribution in [0.5, 0.6) is 0 Å². The smallest absolute Gasteiger partial charge is 0.281 e. The number of para-hydroxylation sites is 1. The van der Waals surface area contributed by atoms with Gasteiger partial charge in [-0.25, -0.2) is 0 Å². The number of nitrogens with zero attached hydrogens (tertiary/aromatic N) is 2. The number of anilines is 1. The quantitative estimate of drug-likeness (QED) is 0.872. The van der Waals surface area contributed by atoms with Crippen LogP contribution in [0.15, 0.2) is 18.2 Å². The van der Waals surface area contributed by atoms with Gasteiger partial charge in [0.1, 0.15) is 0 Å². The molecule has 1 N–H and O–H groups in total. The molecule has 0 bridgehead atoms. The Morgan fingerprint density at radius 2 is 2.06 bits per heavy atom. The minimum atomic E-state index is -3.35. The van der Waals surface area contributed by atoms with Gasteiger partial charge < -0.3 is 5.32 Å². The van der Waals surface area contributed by atoms with Gasteiger partial charge in [0.05, 0.1) is 0 Å². The second-order valence-electron chi connectivity index (χ2n) is 4.66. The van der Waals surface area contributed by atoms with Crippen LogP contribution in [0.2, 0.25) is 0 Å². The number of nitrogens with one attached hydrogen (secondary N) is 1. The fourth-order valence-electron chi connectivity index (χ4n) is 2.12. The molecule has 2 rings (SSSR count). The molecule has 0 spiro atoms. The Hall–Kier alpha value is -1.11. The fraction of sp³-hybridized carbons (Fsp3) is 0.500. The number of rotatable bonds is 2. The van der Waals surface area contributed by atoms with Crippen molar-refractivity contribution in [2.45, 2.75) is 13.5 Å². The molecule has 0 saturated carbocycles. The highest BCUT2D eigenvalue weighted by molar-refractivity contribution is 7.86. The van der Waals surface area contributed by atoms with Crippen molar-refractivity contribution in [1.29, 1.82) is 0 Å². The molecule has 0 unspecified atom stereocenters. The summed E-state index contributed by atoms with van der Waals surface area (Å²) in [6.45, 7) is 3.56. The molecule has 100 valence electrons. The minimum Gasteiger partial charge on any atom is -0.383 e. The van der Waals surface area contributed by atoms with Crippen LogP contribution in [-0.2, 0) is 16.8 Å². The number of hydrogen-bond donors (Lipinski definition) is 1. The Kier molecular flexibility index (Phi) is 3.61. The maximum absolute atomic E-state index is 12.2. The second-order valence-corrected chi connectivity index (χ2v) is 6.80. The van der Waals surface area contributed by atoms with E-state index in [2.05, 4.69) is 5.32 Å². The first-order valence-electron chi connectivity index (χ1n) is 5.93. The lowest BCUT2D eigenvalue weighted by atomic mass is 10.1. The Morgan fingerprint density at radius 1 is 1.33 bits per heavy atom. The van der Waals surface area contributed by atoms with Crippen LogP contribution in [-0.4, -0.2) is 44.2 Å². The van der Waals surface area contributed by atoms with Gasteiger partial charge in [0.25, 0.3) is 10.2 Å². The molecule has 5 nitrogen and oxygen atoms in total. The second kappa shape index (κ2) is 4.87. The molecule has 0 fully saturated rings. The largest absolute Gasteiger partial charge is 0.383 e. The molecular weight excluding hydrogens is 250 g/mol. The van der Waals surface area contributed by atoms with Crippen molar-refractivity contribution in [3.05, 3.63) is 29.3 Å². The van der Waals surface area contributed by atoms with Crippen molar-refractivity contribution in [1.82, 2.24) is 8.61 Å². The van der Waals surface area contributed by atoms with E-state index in [1.54, 1.807) is 14.1 Å². The van der Waals surface area contributed by atoms with E-state index in [0.29, 0.717) is 19.6 Å². The van der Waals surface area contributed by atoms with Gasteiger partial charge in [-0.2, -0.15) is 17.0 Å². The van der Waals surface area contributed by atoms with E-state index in [1.165, 1.54) is 8.61 Å². The number of benzene rings is 1. The first-order valence-corrected chi connectivity index (χ1v) is 7.32. The predicted molar refractivity (Wildman–Crippen MR) is 72.7 cm³/mol. The van der Waals surface area contributed by atoms with Crippen LogP contribution in [0.3, 0.4) is 0 Å². The average Bonchev–Trinajstić information content (AvgIpc) is 2.52. The van der Waals surface area contributed by atoms with Crippen molar-refractivity contribution in [2.24, 2.45) is 0 Å². The number of aryl methyl sites for hydroxylation is 1. The molecule has 0 aromatic heterocycles. The zero-order valence-electron chi connectivity index (χ0n) is 11.0. The van der Waals surface area contributed by atoms with Crippen molar-refractivity contribution < 1.29 is 8.42 Å². The molecule has 6 heteroatoms. The predicted octanol–water partition coefficient (Wildman–Crippen LogP) is 1.03. The van der Waals surface area contributed by atoms with E-state index in [4.69, 9.17) is 0 Å². The first kappa shape index (κ1) is 13.3. The van der Waals surface area contributed by atoms with Gasteiger partial charge in [0.15, 0.2) is 0 Å². The van der Waals surface area contributed by atoms with E-state index >= 15 is 0 Å². The molecule has 1 aromatic rings. The van der Waals surface area contributed by atoms with Crippen LogP contribution in [0.4, 0.5) is 5.69 Å². The molecule has 0 aliphatic carbocycles. The normalized spacial score (nSPS) is 17.1. The summed E-state index contributed by atoms with van der Waals surface area (Å²) in [5.41, 5.74) is 3.24. The van der Waals surface area contributed by atoms with Crippen LogP contribution >= 0.6 is 0 Å². The lowest BCUT2D eigenvalue weighted by Crippen LogP contribution is -2.40. The standard InChI is InChI=1S/C12H19N3O2S/c1-10-5-4-6-11-9-15(8-7-13-12(10)11)18(16,17)14(2)3/h4-6,13H,7-9H2,1-3H3. The summed E-state index contributed by atoms with van der Waals surface area (Å²) in [5, 5.41) is 3.31. The van der Waals surface area contributed by atoms with Crippen molar-refractivity contribution in [3.8, 4) is 0 Å². The SMILES string of the molecule is Cc1cccc2c1NCCN(S(=O)(=O)N(C)C)C2. The summed E-state index contributed by atoms with van der Waals surface area (Å²) >= 11 is 0. The van der Waals surface area contributed by atoms with Gasteiger partial charge >= 0.3 is 0 Å².